The van der Waals surface area contributed by atoms with Crippen molar-refractivity contribution in [2.45, 2.75) is 18.9 Å². The fourth-order valence-electron chi connectivity index (χ4n) is 5.41. The SMILES string of the molecule is O=C(O)[C@H](Cc1ccccc1)N1C(=O)[C@@H]2[C@@H]3C=C[C@H]([C@@H]4C[C@@H]34)[C@H]2C1=O. The summed E-state index contributed by atoms with van der Waals surface area (Å²) in [7, 11) is 0. The van der Waals surface area contributed by atoms with Gasteiger partial charge in [-0.05, 0) is 35.7 Å². The quantitative estimate of drug-likeness (QED) is 0.671. The van der Waals surface area contributed by atoms with Gasteiger partial charge in [-0.25, -0.2) is 4.79 Å². The number of likely N-dealkylation sites (tertiary alicyclic amines) is 1. The topological polar surface area (TPSA) is 74.7 Å². The molecule has 0 aromatic heterocycles. The zero-order valence-corrected chi connectivity index (χ0v) is 13.6. The van der Waals surface area contributed by atoms with Crippen LogP contribution < -0.4 is 0 Å². The molecule has 0 radical (unpaired) electrons. The minimum atomic E-state index is -1.12. The first-order chi connectivity index (χ1) is 12.1. The molecule has 1 saturated heterocycles. The smallest absolute Gasteiger partial charge is 0.327 e. The van der Waals surface area contributed by atoms with Crippen LogP contribution in [0.25, 0.3) is 0 Å². The van der Waals surface area contributed by atoms with E-state index in [1.807, 2.05) is 30.3 Å². The van der Waals surface area contributed by atoms with Crippen LogP contribution in [0.5, 0.6) is 0 Å². The zero-order valence-electron chi connectivity index (χ0n) is 13.6. The van der Waals surface area contributed by atoms with E-state index in [9.17, 15) is 19.5 Å². The summed E-state index contributed by atoms with van der Waals surface area (Å²) in [5.74, 6) is -1.08. The molecule has 4 aliphatic carbocycles. The number of allylic oxidation sites excluding steroid dienone is 2. The lowest BCUT2D eigenvalue weighted by Crippen LogP contribution is -2.47. The van der Waals surface area contributed by atoms with E-state index in [2.05, 4.69) is 12.2 Å². The van der Waals surface area contributed by atoms with Crippen LogP contribution in [0.4, 0.5) is 0 Å². The first-order valence-electron chi connectivity index (χ1n) is 8.90. The summed E-state index contributed by atoms with van der Waals surface area (Å²) in [4.78, 5) is 39.0. The minimum absolute atomic E-state index is 0.118. The third kappa shape index (κ3) is 1.98. The van der Waals surface area contributed by atoms with E-state index in [1.165, 1.54) is 0 Å². The molecular weight excluding hydrogens is 318 g/mol. The average molecular weight is 337 g/mol. The molecule has 2 saturated carbocycles. The Morgan fingerprint density at radius 1 is 1.04 bits per heavy atom. The van der Waals surface area contributed by atoms with Gasteiger partial charge in [0.2, 0.25) is 11.8 Å². The van der Waals surface area contributed by atoms with Crippen molar-refractivity contribution in [3.05, 3.63) is 48.0 Å². The maximum atomic E-state index is 13.0. The van der Waals surface area contributed by atoms with Crippen molar-refractivity contribution in [3.63, 3.8) is 0 Å². The summed E-state index contributed by atoms with van der Waals surface area (Å²) >= 11 is 0. The molecule has 1 aromatic carbocycles. The molecule has 2 amide bonds. The summed E-state index contributed by atoms with van der Waals surface area (Å²) in [5.41, 5.74) is 0.814. The van der Waals surface area contributed by atoms with Gasteiger partial charge in [0.1, 0.15) is 6.04 Å². The maximum absolute atomic E-state index is 13.0. The van der Waals surface area contributed by atoms with Crippen LogP contribution in [0.15, 0.2) is 42.5 Å². The lowest BCUT2D eigenvalue weighted by Gasteiger charge is -2.37. The van der Waals surface area contributed by atoms with Gasteiger partial charge in [-0.15, -0.1) is 0 Å². The predicted octanol–water partition coefficient (Wildman–Crippen LogP) is 1.74. The molecule has 3 fully saturated rings. The van der Waals surface area contributed by atoms with Crippen LogP contribution in [-0.2, 0) is 20.8 Å². The molecule has 1 aliphatic heterocycles. The highest BCUT2D eigenvalue weighted by Gasteiger charge is 2.67. The Morgan fingerprint density at radius 3 is 2.12 bits per heavy atom. The van der Waals surface area contributed by atoms with Gasteiger partial charge in [-0.2, -0.15) is 0 Å². The van der Waals surface area contributed by atoms with Crippen molar-refractivity contribution in [2.75, 3.05) is 0 Å². The minimum Gasteiger partial charge on any atom is -0.480 e. The molecule has 5 nitrogen and oxygen atoms in total. The van der Waals surface area contributed by atoms with E-state index < -0.39 is 12.0 Å². The normalized spacial score (nSPS) is 38.5. The highest BCUT2D eigenvalue weighted by Crippen LogP contribution is 2.65. The monoisotopic (exact) mass is 337 g/mol. The van der Waals surface area contributed by atoms with Crippen LogP contribution in [0.3, 0.4) is 0 Å². The number of carboxylic acid groups (broad SMARTS) is 1. The number of rotatable bonds is 4. The van der Waals surface area contributed by atoms with Crippen molar-refractivity contribution >= 4 is 17.8 Å². The van der Waals surface area contributed by atoms with Crippen LogP contribution in [-0.4, -0.2) is 33.8 Å². The second kappa shape index (κ2) is 5.04. The number of hydrogen-bond donors (Lipinski definition) is 1. The van der Waals surface area contributed by atoms with Gasteiger partial charge >= 0.3 is 5.97 Å². The molecule has 6 rings (SSSR count). The Hall–Kier alpha value is -2.43. The highest BCUT2D eigenvalue weighted by molar-refractivity contribution is 6.08. The maximum Gasteiger partial charge on any atom is 0.327 e. The number of amides is 2. The van der Waals surface area contributed by atoms with Crippen LogP contribution >= 0.6 is 0 Å². The second-order valence-corrected chi connectivity index (χ2v) is 7.74. The van der Waals surface area contributed by atoms with E-state index >= 15 is 0 Å². The fourth-order valence-corrected chi connectivity index (χ4v) is 5.41. The number of carbonyl (C=O) groups excluding carboxylic acids is 2. The molecule has 25 heavy (non-hydrogen) atoms. The van der Waals surface area contributed by atoms with Crippen molar-refractivity contribution in [1.82, 2.24) is 4.90 Å². The van der Waals surface area contributed by atoms with Gasteiger partial charge < -0.3 is 5.11 Å². The van der Waals surface area contributed by atoms with Crippen molar-refractivity contribution < 1.29 is 19.5 Å². The number of imide groups is 1. The van der Waals surface area contributed by atoms with Crippen molar-refractivity contribution in [1.29, 1.82) is 0 Å². The lowest BCUT2D eigenvalue weighted by molar-refractivity contribution is -0.155. The molecule has 0 spiro atoms. The summed E-state index contributed by atoms with van der Waals surface area (Å²) in [6, 6.07) is 8.06. The van der Waals surface area contributed by atoms with E-state index in [0.29, 0.717) is 11.8 Å². The molecule has 1 aromatic rings. The van der Waals surface area contributed by atoms with Gasteiger partial charge in [0, 0.05) is 6.42 Å². The average Bonchev–Trinajstić information content (AvgIpc) is 3.39. The molecule has 5 heteroatoms. The van der Waals surface area contributed by atoms with Crippen molar-refractivity contribution in [3.8, 4) is 0 Å². The summed E-state index contributed by atoms with van der Waals surface area (Å²) < 4.78 is 0. The number of nitrogens with zero attached hydrogens (tertiary/aromatic N) is 1. The third-order valence-electron chi connectivity index (χ3n) is 6.57. The molecule has 1 N–H and O–H groups in total. The van der Waals surface area contributed by atoms with Gasteiger partial charge in [-0.3, -0.25) is 14.5 Å². The number of hydrogen-bond acceptors (Lipinski definition) is 3. The van der Waals surface area contributed by atoms with Gasteiger partial charge in [-0.1, -0.05) is 42.5 Å². The largest absolute Gasteiger partial charge is 0.480 e. The van der Waals surface area contributed by atoms with Gasteiger partial charge in [0.15, 0.2) is 0 Å². The fraction of sp³-hybridized carbons (Fsp3) is 0.450. The summed E-state index contributed by atoms with van der Waals surface area (Å²) in [6.45, 7) is 0. The summed E-state index contributed by atoms with van der Waals surface area (Å²) in [6.07, 6.45) is 5.45. The predicted molar refractivity (Wildman–Crippen MR) is 88.1 cm³/mol. The van der Waals surface area contributed by atoms with E-state index in [-0.39, 0.29) is 41.9 Å². The van der Waals surface area contributed by atoms with E-state index in [0.717, 1.165) is 16.9 Å². The van der Waals surface area contributed by atoms with E-state index in [1.54, 1.807) is 0 Å². The molecule has 128 valence electrons. The standard InChI is InChI=1S/C20H19NO4/c22-18-16-11-6-7-12(14-9-13(11)14)17(16)19(23)21(18)15(20(24)25)8-10-4-2-1-3-5-10/h1-7,11-17H,8-9H2,(H,24,25)/t11-,12-,13+,14+,15+,16-,17-/m1/s1. The number of carbonyl (C=O) groups is 3. The van der Waals surface area contributed by atoms with Crippen LogP contribution in [0, 0.1) is 35.5 Å². The summed E-state index contributed by atoms with van der Waals surface area (Å²) in [5, 5.41) is 9.71. The molecular formula is C20H19NO4. The molecule has 2 bridgehead atoms. The van der Waals surface area contributed by atoms with Gasteiger partial charge in [0.25, 0.3) is 0 Å². The Bertz CT molecular complexity index is 765. The second-order valence-electron chi connectivity index (χ2n) is 7.74. The van der Waals surface area contributed by atoms with Crippen LogP contribution in [0.2, 0.25) is 0 Å². The molecule has 0 unspecified atom stereocenters. The highest BCUT2D eigenvalue weighted by atomic mass is 16.4. The van der Waals surface area contributed by atoms with E-state index in [4.69, 9.17) is 0 Å². The molecule has 7 atom stereocenters. The van der Waals surface area contributed by atoms with Crippen molar-refractivity contribution in [2.24, 2.45) is 35.5 Å². The Morgan fingerprint density at radius 2 is 1.60 bits per heavy atom. The Kier molecular flexibility index (Phi) is 3.00. The number of carboxylic acids is 1. The van der Waals surface area contributed by atoms with Gasteiger partial charge in [0.05, 0.1) is 11.8 Å². The Labute approximate surface area is 145 Å². The first kappa shape index (κ1) is 14.9. The molecule has 5 aliphatic rings. The number of aliphatic carboxylic acids is 1. The third-order valence-corrected chi connectivity index (χ3v) is 6.57. The Balaban J connectivity index is 1.48. The number of benzene rings is 1. The van der Waals surface area contributed by atoms with Crippen LogP contribution in [0.1, 0.15) is 12.0 Å². The lowest BCUT2D eigenvalue weighted by atomic mass is 9.63. The molecule has 1 heterocycles. The zero-order chi connectivity index (χ0) is 17.3. The first-order valence-corrected chi connectivity index (χ1v) is 8.90.